The van der Waals surface area contributed by atoms with E-state index in [2.05, 4.69) is 10.6 Å². The Bertz CT molecular complexity index is 866. The van der Waals surface area contributed by atoms with Gasteiger partial charge in [0.15, 0.2) is 0 Å². The van der Waals surface area contributed by atoms with Crippen molar-refractivity contribution in [1.82, 2.24) is 5.32 Å². The van der Waals surface area contributed by atoms with Crippen molar-refractivity contribution in [3.05, 3.63) is 64.7 Å². The number of carbonyl (C=O) groups excluding carboxylic acids is 2. The van der Waals surface area contributed by atoms with Crippen LogP contribution in [0.25, 0.3) is 0 Å². The molecule has 136 valence electrons. The lowest BCUT2D eigenvalue weighted by Gasteiger charge is -2.45. The normalized spacial score (nSPS) is 20.9. The molecule has 2 aromatic rings. The van der Waals surface area contributed by atoms with Crippen molar-refractivity contribution in [2.24, 2.45) is 0 Å². The molecule has 2 aromatic carbocycles. The number of nitrogens with one attached hydrogen (secondary N) is 2. The van der Waals surface area contributed by atoms with E-state index in [0.29, 0.717) is 22.7 Å². The van der Waals surface area contributed by atoms with Gasteiger partial charge >= 0.3 is 0 Å². The number of para-hydroxylation sites is 1. The molecule has 0 fully saturated rings. The number of anilines is 1. The summed E-state index contributed by atoms with van der Waals surface area (Å²) in [5.74, 6) is -1.51. The van der Waals surface area contributed by atoms with Crippen LogP contribution >= 0.6 is 11.6 Å². The predicted octanol–water partition coefficient (Wildman–Crippen LogP) is 3.27. The number of rotatable bonds is 4. The van der Waals surface area contributed by atoms with Crippen LogP contribution in [0.4, 0.5) is 5.69 Å². The van der Waals surface area contributed by atoms with Gasteiger partial charge in [-0.25, -0.2) is 0 Å². The van der Waals surface area contributed by atoms with Gasteiger partial charge in [-0.1, -0.05) is 48.0 Å². The first-order valence-electron chi connectivity index (χ1n) is 8.32. The zero-order valence-corrected chi connectivity index (χ0v) is 15.7. The Balaban J connectivity index is 2.00. The minimum absolute atomic E-state index is 0.359. The summed E-state index contributed by atoms with van der Waals surface area (Å²) in [4.78, 5) is 25.9. The van der Waals surface area contributed by atoms with Gasteiger partial charge in [-0.3, -0.25) is 14.9 Å². The lowest BCUT2D eigenvalue weighted by atomic mass is 9.80. The van der Waals surface area contributed by atoms with Gasteiger partial charge in [-0.15, -0.1) is 0 Å². The van der Waals surface area contributed by atoms with Gasteiger partial charge in [0.2, 0.25) is 5.72 Å². The van der Waals surface area contributed by atoms with Crippen LogP contribution in [0.2, 0.25) is 5.02 Å². The molecule has 3 rings (SSSR count). The summed E-state index contributed by atoms with van der Waals surface area (Å²) >= 11 is 6.08. The molecule has 5 nitrogen and oxygen atoms in total. The maximum absolute atomic E-state index is 13.2. The quantitative estimate of drug-likeness (QED) is 0.808. The third-order valence-electron chi connectivity index (χ3n) is 4.50. The fourth-order valence-electron chi connectivity index (χ4n) is 3.42. The van der Waals surface area contributed by atoms with Crippen molar-refractivity contribution in [2.45, 2.75) is 31.5 Å². The monoisotopic (exact) mass is 372 g/mol. The molecule has 0 aromatic heterocycles. The zero-order valence-electron chi connectivity index (χ0n) is 14.9. The van der Waals surface area contributed by atoms with Crippen LogP contribution in [0, 0.1) is 0 Å². The first-order valence-corrected chi connectivity index (χ1v) is 8.70. The number of ether oxygens (including phenoxy) is 1. The van der Waals surface area contributed by atoms with Gasteiger partial charge in [0, 0.05) is 18.2 Å². The van der Waals surface area contributed by atoms with E-state index in [0.717, 1.165) is 5.56 Å². The molecule has 26 heavy (non-hydrogen) atoms. The van der Waals surface area contributed by atoms with Gasteiger partial charge in [0.1, 0.15) is 0 Å². The largest absolute Gasteiger partial charge is 0.352 e. The SMILES string of the molecule is CO[C@]1(C(=O)C(=O)Nc2ccccc2Cl)NC(C)(C)Cc2ccccc21. The number of Topliss-reactive ketones (excluding diaryl/α,β-unsaturated/α-hetero) is 1. The number of hydrogen-bond donors (Lipinski definition) is 2. The standard InChI is InChI=1S/C20H21ClN2O3/c1-19(2)12-13-8-4-5-9-14(13)20(23-19,26-3)17(24)18(25)22-16-11-7-6-10-15(16)21/h4-11,23H,12H2,1-3H3,(H,22,25)/t20-/m1/s1. The fraction of sp³-hybridized carbons (Fsp3) is 0.300. The summed E-state index contributed by atoms with van der Waals surface area (Å²) in [5.41, 5.74) is 0.0224. The van der Waals surface area contributed by atoms with E-state index in [4.69, 9.17) is 16.3 Å². The zero-order chi connectivity index (χ0) is 18.9. The first-order chi connectivity index (χ1) is 12.3. The molecule has 0 saturated carbocycles. The summed E-state index contributed by atoms with van der Waals surface area (Å²) in [7, 11) is 1.42. The van der Waals surface area contributed by atoms with Crippen LogP contribution in [0.15, 0.2) is 48.5 Å². The smallest absolute Gasteiger partial charge is 0.296 e. The number of benzene rings is 2. The minimum Gasteiger partial charge on any atom is -0.352 e. The second-order valence-corrected chi connectivity index (χ2v) is 7.40. The Morgan fingerprint density at radius 2 is 1.77 bits per heavy atom. The Hall–Kier alpha value is -2.21. The van der Waals surface area contributed by atoms with Crippen LogP contribution in [-0.2, 0) is 26.5 Å². The molecule has 1 aliphatic rings. The molecule has 1 heterocycles. The van der Waals surface area contributed by atoms with E-state index in [-0.39, 0.29) is 0 Å². The van der Waals surface area contributed by atoms with Gasteiger partial charge in [-0.2, -0.15) is 0 Å². The number of hydrogen-bond acceptors (Lipinski definition) is 4. The van der Waals surface area contributed by atoms with Crippen LogP contribution < -0.4 is 10.6 Å². The molecule has 0 saturated heterocycles. The highest BCUT2D eigenvalue weighted by Gasteiger charge is 2.51. The highest BCUT2D eigenvalue weighted by atomic mass is 35.5. The van der Waals surface area contributed by atoms with Crippen molar-refractivity contribution < 1.29 is 14.3 Å². The van der Waals surface area contributed by atoms with Crippen molar-refractivity contribution in [2.75, 3.05) is 12.4 Å². The maximum Gasteiger partial charge on any atom is 0.296 e. The van der Waals surface area contributed by atoms with Crippen molar-refractivity contribution in [3.63, 3.8) is 0 Å². The average Bonchev–Trinajstić information content (AvgIpc) is 2.61. The molecule has 2 N–H and O–H groups in total. The van der Waals surface area contributed by atoms with Crippen LogP contribution in [-0.4, -0.2) is 24.3 Å². The molecular formula is C20H21ClN2O3. The molecular weight excluding hydrogens is 352 g/mol. The topological polar surface area (TPSA) is 67.4 Å². The summed E-state index contributed by atoms with van der Waals surface area (Å²) in [6.45, 7) is 3.94. The number of carbonyl (C=O) groups is 2. The molecule has 0 unspecified atom stereocenters. The highest BCUT2D eigenvalue weighted by molar-refractivity contribution is 6.44. The lowest BCUT2D eigenvalue weighted by Crippen LogP contribution is -2.64. The van der Waals surface area contributed by atoms with E-state index in [1.807, 2.05) is 38.1 Å². The molecule has 0 aliphatic carbocycles. The number of amides is 1. The second-order valence-electron chi connectivity index (χ2n) is 6.99. The molecule has 1 aliphatic heterocycles. The van der Waals surface area contributed by atoms with Gasteiger partial charge in [-0.05, 0) is 38.0 Å². The van der Waals surface area contributed by atoms with E-state index < -0.39 is 23.0 Å². The molecule has 1 atom stereocenters. The van der Waals surface area contributed by atoms with Crippen LogP contribution in [0.5, 0.6) is 0 Å². The predicted molar refractivity (Wildman–Crippen MR) is 101 cm³/mol. The highest BCUT2D eigenvalue weighted by Crippen LogP contribution is 2.36. The first kappa shape index (κ1) is 18.6. The molecule has 6 heteroatoms. The van der Waals surface area contributed by atoms with E-state index >= 15 is 0 Å². The Kier molecular flexibility index (Phi) is 4.88. The number of fused-ring (bicyclic) bond motifs is 1. The molecule has 0 radical (unpaired) electrons. The van der Waals surface area contributed by atoms with E-state index in [1.165, 1.54) is 7.11 Å². The molecule has 1 amide bonds. The van der Waals surface area contributed by atoms with E-state index in [1.54, 1.807) is 24.3 Å². The number of ketones is 1. The third-order valence-corrected chi connectivity index (χ3v) is 4.83. The number of methoxy groups -OCH3 is 1. The molecule has 0 bridgehead atoms. The van der Waals surface area contributed by atoms with Gasteiger partial charge in [0.25, 0.3) is 11.7 Å². The second kappa shape index (κ2) is 6.83. The average molecular weight is 373 g/mol. The Labute approximate surface area is 157 Å². The fourth-order valence-corrected chi connectivity index (χ4v) is 3.60. The van der Waals surface area contributed by atoms with Crippen molar-refractivity contribution in [1.29, 1.82) is 0 Å². The lowest BCUT2D eigenvalue weighted by molar-refractivity contribution is -0.158. The summed E-state index contributed by atoms with van der Waals surface area (Å²) < 4.78 is 5.64. The van der Waals surface area contributed by atoms with Gasteiger partial charge in [0.05, 0.1) is 10.7 Å². The van der Waals surface area contributed by atoms with Crippen LogP contribution in [0.3, 0.4) is 0 Å². The van der Waals surface area contributed by atoms with E-state index in [9.17, 15) is 9.59 Å². The van der Waals surface area contributed by atoms with Crippen molar-refractivity contribution in [3.8, 4) is 0 Å². The van der Waals surface area contributed by atoms with Gasteiger partial charge < -0.3 is 10.1 Å². The summed E-state index contributed by atoms with van der Waals surface area (Å²) in [6.07, 6.45) is 0.716. The number of halogens is 1. The Morgan fingerprint density at radius 3 is 2.46 bits per heavy atom. The maximum atomic E-state index is 13.2. The third kappa shape index (κ3) is 3.26. The Morgan fingerprint density at radius 1 is 1.12 bits per heavy atom. The molecule has 0 spiro atoms. The minimum atomic E-state index is -1.55. The van der Waals surface area contributed by atoms with Crippen molar-refractivity contribution >= 4 is 29.0 Å². The summed E-state index contributed by atoms with van der Waals surface area (Å²) in [6, 6.07) is 14.3. The van der Waals surface area contributed by atoms with Crippen LogP contribution in [0.1, 0.15) is 25.0 Å². The summed E-state index contributed by atoms with van der Waals surface area (Å²) in [5, 5.41) is 6.17.